The molecule has 2 fully saturated rings. The molecule has 5 atom stereocenters. The Labute approximate surface area is 152 Å². The van der Waals surface area contributed by atoms with Crippen LogP contribution in [-0.4, -0.2) is 53.4 Å². The second-order valence-corrected chi connectivity index (χ2v) is 8.08. The van der Waals surface area contributed by atoms with Crippen molar-refractivity contribution in [3.63, 3.8) is 0 Å². The highest BCUT2D eigenvalue weighted by Gasteiger charge is 2.63. The molecule has 2 bridgehead atoms. The number of phenolic OH excluding ortho intramolecular Hbond substituents is 1. The number of rotatable bonds is 2. The standard InChI is InChI=1S/C20H24N2O4/c1-10(23)12-9-22-7-6-20-13-4-3-5-14(24)17(13)21-18(20)16(19(25)26-2)11(12)8-15(20)22/h3-5,10-12,15,21,23-24H,6-9H2,1-2H3/t10-,11-,12+,15-,20+/m0/s1. The molecule has 0 amide bonds. The van der Waals surface area contributed by atoms with E-state index in [9.17, 15) is 15.0 Å². The van der Waals surface area contributed by atoms with Crippen LogP contribution >= 0.6 is 0 Å². The Morgan fingerprint density at radius 2 is 2.27 bits per heavy atom. The van der Waals surface area contributed by atoms with E-state index in [2.05, 4.69) is 16.3 Å². The Balaban J connectivity index is 1.79. The molecular weight excluding hydrogens is 332 g/mol. The number of aliphatic hydroxyl groups is 1. The summed E-state index contributed by atoms with van der Waals surface area (Å²) in [6.45, 7) is 3.52. The maximum Gasteiger partial charge on any atom is 0.335 e. The van der Waals surface area contributed by atoms with Crippen molar-refractivity contribution in [1.29, 1.82) is 0 Å². The van der Waals surface area contributed by atoms with Crippen molar-refractivity contribution < 1.29 is 19.7 Å². The molecule has 6 nitrogen and oxygen atoms in total. The smallest absolute Gasteiger partial charge is 0.335 e. The van der Waals surface area contributed by atoms with Crippen LogP contribution in [0.3, 0.4) is 0 Å². The fourth-order valence-corrected chi connectivity index (χ4v) is 6.03. The largest absolute Gasteiger partial charge is 0.506 e. The normalized spacial score (nSPS) is 35.6. The number of phenols is 1. The maximum atomic E-state index is 12.8. The van der Waals surface area contributed by atoms with E-state index >= 15 is 0 Å². The lowest BCUT2D eigenvalue weighted by Gasteiger charge is -2.51. The van der Waals surface area contributed by atoms with Gasteiger partial charge >= 0.3 is 5.97 Å². The SMILES string of the molecule is COC(=O)C1=C2Nc3c(O)cccc3[C@@]23CCN2C[C@H]([C@H](C)O)[C@@H]1C[C@H]23. The number of para-hydroxylation sites is 1. The number of piperidine rings is 1. The zero-order valence-corrected chi connectivity index (χ0v) is 15.0. The number of carbonyl (C=O) groups excluding carboxylic acids is 1. The van der Waals surface area contributed by atoms with E-state index in [1.807, 2.05) is 13.0 Å². The Hall–Kier alpha value is -2.05. The van der Waals surface area contributed by atoms with Gasteiger partial charge in [-0.2, -0.15) is 0 Å². The molecule has 0 saturated carbocycles. The van der Waals surface area contributed by atoms with Crippen molar-refractivity contribution in [2.45, 2.75) is 37.3 Å². The van der Waals surface area contributed by atoms with Crippen LogP contribution in [0.5, 0.6) is 5.75 Å². The molecule has 0 aromatic heterocycles. The first-order valence-electron chi connectivity index (χ1n) is 9.33. The second kappa shape index (κ2) is 5.24. The number of hydrogen-bond donors (Lipinski definition) is 3. The van der Waals surface area contributed by atoms with Gasteiger partial charge in [0.25, 0.3) is 0 Å². The van der Waals surface area contributed by atoms with Crippen LogP contribution in [0.25, 0.3) is 0 Å². The van der Waals surface area contributed by atoms with Crippen LogP contribution in [0.1, 0.15) is 25.3 Å². The quantitative estimate of drug-likeness (QED) is 0.551. The minimum absolute atomic E-state index is 0.00283. The Morgan fingerprint density at radius 1 is 1.46 bits per heavy atom. The summed E-state index contributed by atoms with van der Waals surface area (Å²) >= 11 is 0. The van der Waals surface area contributed by atoms with Crippen molar-refractivity contribution in [2.24, 2.45) is 11.8 Å². The number of esters is 1. The van der Waals surface area contributed by atoms with Crippen LogP contribution in [0.4, 0.5) is 5.69 Å². The van der Waals surface area contributed by atoms with Gasteiger partial charge in [-0.3, -0.25) is 4.90 Å². The average Bonchev–Trinajstić information content (AvgIpc) is 3.18. The van der Waals surface area contributed by atoms with E-state index in [0.717, 1.165) is 37.2 Å². The van der Waals surface area contributed by atoms with Gasteiger partial charge in [0.1, 0.15) is 5.75 Å². The predicted octanol–water partition coefficient (Wildman–Crippen LogP) is 1.59. The second-order valence-electron chi connectivity index (χ2n) is 8.08. The van der Waals surface area contributed by atoms with Crippen LogP contribution in [0.2, 0.25) is 0 Å². The van der Waals surface area contributed by atoms with Gasteiger partial charge in [0.05, 0.1) is 29.9 Å². The predicted molar refractivity (Wildman–Crippen MR) is 95.7 cm³/mol. The van der Waals surface area contributed by atoms with E-state index in [0.29, 0.717) is 11.3 Å². The minimum Gasteiger partial charge on any atom is -0.506 e. The molecule has 6 heteroatoms. The molecule has 1 aliphatic carbocycles. The van der Waals surface area contributed by atoms with Crippen LogP contribution in [-0.2, 0) is 14.9 Å². The number of aromatic hydroxyl groups is 1. The van der Waals surface area contributed by atoms with Crippen LogP contribution in [0.15, 0.2) is 29.5 Å². The Morgan fingerprint density at radius 3 is 3.00 bits per heavy atom. The van der Waals surface area contributed by atoms with Crippen LogP contribution < -0.4 is 5.32 Å². The molecule has 26 heavy (non-hydrogen) atoms. The number of aliphatic hydroxyl groups excluding tert-OH is 1. The first-order chi connectivity index (χ1) is 12.5. The first-order valence-corrected chi connectivity index (χ1v) is 9.33. The highest BCUT2D eigenvalue weighted by atomic mass is 16.5. The summed E-state index contributed by atoms with van der Waals surface area (Å²) in [7, 11) is 1.41. The summed E-state index contributed by atoms with van der Waals surface area (Å²) in [5, 5.41) is 24.2. The Bertz CT molecular complexity index is 833. The number of fused-ring (bicyclic) bond motifs is 2. The molecule has 5 rings (SSSR count). The van der Waals surface area contributed by atoms with E-state index in [1.165, 1.54) is 7.11 Å². The third-order valence-corrected chi connectivity index (χ3v) is 7.13. The monoisotopic (exact) mass is 356 g/mol. The molecule has 0 radical (unpaired) electrons. The van der Waals surface area contributed by atoms with Crippen molar-refractivity contribution in [3.05, 3.63) is 35.0 Å². The number of benzene rings is 1. The van der Waals surface area contributed by atoms with Gasteiger partial charge in [0.15, 0.2) is 0 Å². The maximum absolute atomic E-state index is 12.8. The third kappa shape index (κ3) is 1.76. The molecule has 3 heterocycles. The van der Waals surface area contributed by atoms with E-state index in [4.69, 9.17) is 4.74 Å². The number of carbonyl (C=O) groups is 1. The van der Waals surface area contributed by atoms with E-state index < -0.39 is 6.10 Å². The van der Waals surface area contributed by atoms with Gasteiger partial charge < -0.3 is 20.3 Å². The fourth-order valence-electron chi connectivity index (χ4n) is 6.03. The minimum atomic E-state index is -0.494. The van der Waals surface area contributed by atoms with Gasteiger partial charge in [0, 0.05) is 30.1 Å². The molecule has 1 aromatic rings. The molecule has 4 aliphatic rings. The van der Waals surface area contributed by atoms with Gasteiger partial charge in [-0.25, -0.2) is 4.79 Å². The summed E-state index contributed by atoms with van der Waals surface area (Å²) in [6.07, 6.45) is 1.24. The summed E-state index contributed by atoms with van der Waals surface area (Å²) in [5.74, 6) is -0.145. The summed E-state index contributed by atoms with van der Waals surface area (Å²) < 4.78 is 5.16. The molecule has 0 unspecified atom stereocenters. The summed E-state index contributed by atoms with van der Waals surface area (Å²) in [4.78, 5) is 15.3. The average molecular weight is 356 g/mol. The number of anilines is 1. The van der Waals surface area contributed by atoms with Crippen molar-refractivity contribution in [2.75, 3.05) is 25.5 Å². The van der Waals surface area contributed by atoms with Crippen molar-refractivity contribution >= 4 is 11.7 Å². The van der Waals surface area contributed by atoms with Gasteiger partial charge in [-0.05, 0) is 37.9 Å². The van der Waals surface area contributed by atoms with Gasteiger partial charge in [-0.1, -0.05) is 12.1 Å². The van der Waals surface area contributed by atoms with Gasteiger partial charge in [0.2, 0.25) is 0 Å². The lowest BCUT2D eigenvalue weighted by Crippen LogP contribution is -2.57. The molecule has 2 saturated heterocycles. The molecule has 1 aromatic carbocycles. The topological polar surface area (TPSA) is 82.0 Å². The molecule has 1 spiro atoms. The molecule has 138 valence electrons. The lowest BCUT2D eigenvalue weighted by molar-refractivity contribution is -0.138. The van der Waals surface area contributed by atoms with Crippen molar-refractivity contribution in [1.82, 2.24) is 4.90 Å². The summed E-state index contributed by atoms with van der Waals surface area (Å²) in [5.41, 5.74) is 3.04. The van der Waals surface area contributed by atoms with Crippen LogP contribution in [0, 0.1) is 11.8 Å². The zero-order chi connectivity index (χ0) is 18.2. The number of nitrogens with one attached hydrogen (secondary N) is 1. The molecule has 3 aliphatic heterocycles. The zero-order valence-electron chi connectivity index (χ0n) is 15.0. The first kappa shape index (κ1) is 16.1. The highest BCUT2D eigenvalue weighted by Crippen LogP contribution is 2.62. The number of nitrogens with zero attached hydrogens (tertiary/aromatic N) is 1. The molecular formula is C20H24N2O4. The lowest BCUT2D eigenvalue weighted by atomic mass is 9.60. The number of hydrogen-bond acceptors (Lipinski definition) is 6. The highest BCUT2D eigenvalue weighted by molar-refractivity contribution is 5.94. The third-order valence-electron chi connectivity index (χ3n) is 7.13. The number of ether oxygens (including phenoxy) is 1. The Kier molecular flexibility index (Phi) is 3.25. The van der Waals surface area contributed by atoms with E-state index in [-0.39, 0.29) is 35.0 Å². The number of methoxy groups -OCH3 is 1. The fraction of sp³-hybridized carbons (Fsp3) is 0.550. The van der Waals surface area contributed by atoms with Crippen molar-refractivity contribution in [3.8, 4) is 5.75 Å². The van der Waals surface area contributed by atoms with E-state index in [1.54, 1.807) is 6.07 Å². The summed E-state index contributed by atoms with van der Waals surface area (Å²) in [6, 6.07) is 5.90. The van der Waals surface area contributed by atoms with Gasteiger partial charge in [-0.15, -0.1) is 0 Å². The molecule has 3 N–H and O–H groups in total.